The van der Waals surface area contributed by atoms with Crippen molar-refractivity contribution in [3.63, 3.8) is 0 Å². The Kier molecular flexibility index (Phi) is 6.77. The standard InChI is InChI=1S/C24H24N4OS/c1-2-29-22-12-10-21(11-13-22)28-23(20-14-16-25-17-15-20)26-27-24(28)30-18-6-9-19-7-4-3-5-8-19/h3-5,7-8,10-17H,2,6,9,18H2,1H3. The van der Waals surface area contributed by atoms with E-state index >= 15 is 0 Å². The van der Waals surface area contributed by atoms with Gasteiger partial charge in [0.2, 0.25) is 0 Å². The van der Waals surface area contributed by atoms with E-state index in [-0.39, 0.29) is 0 Å². The SMILES string of the molecule is CCOc1ccc(-n2c(SCCCc3ccccc3)nnc2-c2ccncc2)cc1. The van der Waals surface area contributed by atoms with Crippen LogP contribution in [0.15, 0.2) is 84.3 Å². The number of thioether (sulfide) groups is 1. The minimum Gasteiger partial charge on any atom is -0.494 e. The number of hydrogen-bond donors (Lipinski definition) is 0. The number of aromatic nitrogens is 4. The van der Waals surface area contributed by atoms with Gasteiger partial charge in [0.1, 0.15) is 5.75 Å². The molecule has 0 aliphatic carbocycles. The largest absolute Gasteiger partial charge is 0.494 e. The zero-order valence-corrected chi connectivity index (χ0v) is 17.8. The summed E-state index contributed by atoms with van der Waals surface area (Å²) in [6.07, 6.45) is 5.69. The highest BCUT2D eigenvalue weighted by atomic mass is 32.2. The molecular weight excluding hydrogens is 392 g/mol. The Labute approximate surface area is 181 Å². The van der Waals surface area contributed by atoms with Crippen LogP contribution in [0, 0.1) is 0 Å². The van der Waals surface area contributed by atoms with Gasteiger partial charge in [-0.3, -0.25) is 9.55 Å². The predicted octanol–water partition coefficient (Wildman–Crippen LogP) is 5.45. The fraction of sp³-hybridized carbons (Fsp3) is 0.208. The summed E-state index contributed by atoms with van der Waals surface area (Å²) >= 11 is 1.73. The fourth-order valence-corrected chi connectivity index (χ4v) is 4.12. The highest BCUT2D eigenvalue weighted by molar-refractivity contribution is 7.99. The minimum absolute atomic E-state index is 0.650. The third kappa shape index (κ3) is 4.89. The van der Waals surface area contributed by atoms with E-state index in [2.05, 4.69) is 50.1 Å². The summed E-state index contributed by atoms with van der Waals surface area (Å²) in [6.45, 7) is 2.64. The van der Waals surface area contributed by atoms with Crippen LogP contribution in [0.1, 0.15) is 18.9 Å². The van der Waals surface area contributed by atoms with Crippen LogP contribution in [0.4, 0.5) is 0 Å². The van der Waals surface area contributed by atoms with Crippen molar-refractivity contribution in [2.24, 2.45) is 0 Å². The second kappa shape index (κ2) is 10.1. The first-order chi connectivity index (χ1) is 14.8. The van der Waals surface area contributed by atoms with Crippen molar-refractivity contribution < 1.29 is 4.74 Å². The van der Waals surface area contributed by atoms with Crippen LogP contribution in [0.2, 0.25) is 0 Å². The normalized spacial score (nSPS) is 10.8. The van der Waals surface area contributed by atoms with Crippen molar-refractivity contribution in [1.82, 2.24) is 19.7 Å². The highest BCUT2D eigenvalue weighted by Crippen LogP contribution is 2.29. The molecule has 4 rings (SSSR count). The maximum Gasteiger partial charge on any atom is 0.196 e. The molecule has 0 bridgehead atoms. The average Bonchev–Trinajstić information content (AvgIpc) is 3.23. The van der Waals surface area contributed by atoms with E-state index < -0.39 is 0 Å². The lowest BCUT2D eigenvalue weighted by molar-refractivity contribution is 0.340. The number of benzene rings is 2. The summed E-state index contributed by atoms with van der Waals surface area (Å²) in [5.74, 6) is 2.64. The first-order valence-electron chi connectivity index (χ1n) is 10.1. The average molecular weight is 417 g/mol. The molecule has 2 heterocycles. The summed E-state index contributed by atoms with van der Waals surface area (Å²) in [7, 11) is 0. The molecule has 0 aliphatic heterocycles. The summed E-state index contributed by atoms with van der Waals surface area (Å²) in [6, 6.07) is 22.6. The Balaban J connectivity index is 1.56. The Bertz CT molecular complexity index is 1050. The molecule has 4 aromatic rings. The molecule has 2 aromatic carbocycles. The van der Waals surface area contributed by atoms with Gasteiger partial charge < -0.3 is 4.74 Å². The molecule has 0 saturated carbocycles. The summed E-state index contributed by atoms with van der Waals surface area (Å²) in [4.78, 5) is 4.12. The number of pyridine rings is 1. The second-order valence-electron chi connectivity index (χ2n) is 6.74. The predicted molar refractivity (Wildman–Crippen MR) is 121 cm³/mol. The highest BCUT2D eigenvalue weighted by Gasteiger charge is 2.16. The molecule has 0 spiro atoms. The molecule has 0 saturated heterocycles. The second-order valence-corrected chi connectivity index (χ2v) is 7.80. The molecule has 2 aromatic heterocycles. The molecule has 0 N–H and O–H groups in total. The monoisotopic (exact) mass is 416 g/mol. The van der Waals surface area contributed by atoms with Crippen LogP contribution in [-0.2, 0) is 6.42 Å². The number of nitrogens with zero attached hydrogens (tertiary/aromatic N) is 4. The molecule has 0 amide bonds. The molecule has 0 aliphatic rings. The van der Waals surface area contributed by atoms with E-state index in [0.29, 0.717) is 6.61 Å². The topological polar surface area (TPSA) is 52.8 Å². The maximum absolute atomic E-state index is 5.59. The van der Waals surface area contributed by atoms with Crippen molar-refractivity contribution in [2.75, 3.05) is 12.4 Å². The van der Waals surface area contributed by atoms with Crippen molar-refractivity contribution >= 4 is 11.8 Å². The number of rotatable bonds is 9. The lowest BCUT2D eigenvalue weighted by atomic mass is 10.1. The molecule has 0 atom stereocenters. The number of hydrogen-bond acceptors (Lipinski definition) is 5. The van der Waals surface area contributed by atoms with Crippen LogP contribution < -0.4 is 4.74 Å². The lowest BCUT2D eigenvalue weighted by Gasteiger charge is -2.11. The Hall–Kier alpha value is -3.12. The van der Waals surface area contributed by atoms with Crippen LogP contribution in [0.5, 0.6) is 5.75 Å². The fourth-order valence-electron chi connectivity index (χ4n) is 3.23. The van der Waals surface area contributed by atoms with Crippen LogP contribution in [0.25, 0.3) is 17.1 Å². The van der Waals surface area contributed by atoms with Gasteiger partial charge in [-0.05, 0) is 61.7 Å². The van der Waals surface area contributed by atoms with Gasteiger partial charge in [0.15, 0.2) is 11.0 Å². The van der Waals surface area contributed by atoms with E-state index in [1.54, 1.807) is 24.2 Å². The third-order valence-corrected chi connectivity index (χ3v) is 5.68. The van der Waals surface area contributed by atoms with E-state index in [9.17, 15) is 0 Å². The summed E-state index contributed by atoms with van der Waals surface area (Å²) in [5, 5.41) is 9.88. The van der Waals surface area contributed by atoms with E-state index in [1.165, 1.54) is 5.56 Å². The van der Waals surface area contributed by atoms with Gasteiger partial charge >= 0.3 is 0 Å². The number of ether oxygens (including phenoxy) is 1. The smallest absolute Gasteiger partial charge is 0.196 e. The van der Waals surface area contributed by atoms with Gasteiger partial charge in [0.05, 0.1) is 6.61 Å². The molecular formula is C24H24N4OS. The summed E-state index contributed by atoms with van der Waals surface area (Å²) < 4.78 is 7.70. The van der Waals surface area contributed by atoms with Gasteiger partial charge in [0.25, 0.3) is 0 Å². The number of aryl methyl sites for hydroxylation is 1. The maximum atomic E-state index is 5.59. The van der Waals surface area contributed by atoms with E-state index in [1.807, 2.05) is 43.3 Å². The van der Waals surface area contributed by atoms with Gasteiger partial charge in [-0.15, -0.1) is 10.2 Å². The van der Waals surface area contributed by atoms with Crippen LogP contribution >= 0.6 is 11.8 Å². The van der Waals surface area contributed by atoms with Crippen molar-refractivity contribution in [3.8, 4) is 22.8 Å². The van der Waals surface area contributed by atoms with Gasteiger partial charge in [-0.1, -0.05) is 42.1 Å². The minimum atomic E-state index is 0.650. The zero-order chi connectivity index (χ0) is 20.6. The Morgan fingerprint density at radius 1 is 0.900 bits per heavy atom. The first kappa shape index (κ1) is 20.2. The van der Waals surface area contributed by atoms with Gasteiger partial charge in [0, 0.05) is 29.4 Å². The third-order valence-electron chi connectivity index (χ3n) is 4.66. The molecule has 0 radical (unpaired) electrons. The Morgan fingerprint density at radius 3 is 2.40 bits per heavy atom. The summed E-state index contributed by atoms with van der Waals surface area (Å²) in [5.41, 5.74) is 3.37. The van der Waals surface area contributed by atoms with Crippen molar-refractivity contribution in [1.29, 1.82) is 0 Å². The van der Waals surface area contributed by atoms with Gasteiger partial charge in [-0.25, -0.2) is 0 Å². The Morgan fingerprint density at radius 2 is 1.67 bits per heavy atom. The zero-order valence-electron chi connectivity index (χ0n) is 16.9. The van der Waals surface area contributed by atoms with Crippen molar-refractivity contribution in [2.45, 2.75) is 24.9 Å². The molecule has 0 unspecified atom stereocenters. The molecule has 6 heteroatoms. The molecule has 30 heavy (non-hydrogen) atoms. The molecule has 0 fully saturated rings. The van der Waals surface area contributed by atoms with Crippen LogP contribution in [0.3, 0.4) is 0 Å². The molecule has 152 valence electrons. The van der Waals surface area contributed by atoms with Gasteiger partial charge in [-0.2, -0.15) is 0 Å². The first-order valence-corrected chi connectivity index (χ1v) is 11.1. The van der Waals surface area contributed by atoms with Crippen LogP contribution in [-0.4, -0.2) is 32.1 Å². The van der Waals surface area contributed by atoms with E-state index in [4.69, 9.17) is 4.74 Å². The lowest BCUT2D eigenvalue weighted by Crippen LogP contribution is -2.01. The van der Waals surface area contributed by atoms with Crippen molar-refractivity contribution in [3.05, 3.63) is 84.7 Å². The van der Waals surface area contributed by atoms with E-state index in [0.717, 1.165) is 46.6 Å². The molecule has 5 nitrogen and oxygen atoms in total. The quantitative estimate of drug-likeness (QED) is 0.268.